The molecule has 2 heterocycles. The van der Waals surface area contributed by atoms with E-state index in [4.69, 9.17) is 4.74 Å². The molecular formula is C12H17NO2S2. The summed E-state index contributed by atoms with van der Waals surface area (Å²) >= 11 is 3.33. The molecule has 2 rings (SSSR count). The van der Waals surface area contributed by atoms with E-state index >= 15 is 0 Å². The van der Waals surface area contributed by atoms with E-state index in [1.54, 1.807) is 23.1 Å². The molecule has 17 heavy (non-hydrogen) atoms. The average Bonchev–Trinajstić information content (AvgIpc) is 2.72. The molecule has 5 heteroatoms. The van der Waals surface area contributed by atoms with Crippen molar-refractivity contribution in [3.8, 4) is 0 Å². The van der Waals surface area contributed by atoms with Gasteiger partial charge in [0.25, 0.3) is 5.91 Å². The van der Waals surface area contributed by atoms with Crippen LogP contribution in [-0.2, 0) is 4.74 Å². The fourth-order valence-corrected chi connectivity index (χ4v) is 3.56. The maximum Gasteiger partial charge on any atom is 0.261 e. The van der Waals surface area contributed by atoms with Crippen molar-refractivity contribution in [2.24, 2.45) is 5.41 Å². The Balaban J connectivity index is 1.85. The van der Waals surface area contributed by atoms with E-state index in [0.717, 1.165) is 23.8 Å². The number of thioether (sulfide) groups is 1. The summed E-state index contributed by atoms with van der Waals surface area (Å²) in [5, 5.41) is 2.98. The van der Waals surface area contributed by atoms with Crippen molar-refractivity contribution >= 4 is 29.0 Å². The Morgan fingerprint density at radius 1 is 1.59 bits per heavy atom. The van der Waals surface area contributed by atoms with Crippen LogP contribution in [0.3, 0.4) is 0 Å². The van der Waals surface area contributed by atoms with Gasteiger partial charge in [0.15, 0.2) is 0 Å². The lowest BCUT2D eigenvalue weighted by molar-refractivity contribution is -0.0978. The second kappa shape index (κ2) is 5.42. The topological polar surface area (TPSA) is 38.3 Å². The Bertz CT molecular complexity index is 399. The highest BCUT2D eigenvalue weighted by atomic mass is 32.2. The molecule has 1 fully saturated rings. The lowest BCUT2D eigenvalue weighted by Crippen LogP contribution is -2.48. The van der Waals surface area contributed by atoms with Gasteiger partial charge in [-0.15, -0.1) is 23.1 Å². The third kappa shape index (κ3) is 3.24. The smallest absolute Gasteiger partial charge is 0.261 e. The molecule has 1 aromatic heterocycles. The molecule has 1 N–H and O–H groups in total. The Labute approximate surface area is 110 Å². The van der Waals surface area contributed by atoms with Gasteiger partial charge in [-0.25, -0.2) is 0 Å². The quantitative estimate of drug-likeness (QED) is 0.837. The predicted octanol–water partition coefficient (Wildman–Crippen LogP) is 2.63. The van der Waals surface area contributed by atoms with Crippen LogP contribution < -0.4 is 5.32 Å². The maximum absolute atomic E-state index is 11.9. The SMILES string of the molecule is CCSc1ccc(C(=O)NCC2(C)COC2)s1. The molecule has 0 aliphatic carbocycles. The second-order valence-electron chi connectivity index (χ2n) is 4.54. The number of nitrogens with one attached hydrogen (secondary N) is 1. The molecule has 0 saturated carbocycles. The molecule has 1 saturated heterocycles. The van der Waals surface area contributed by atoms with Crippen molar-refractivity contribution < 1.29 is 9.53 Å². The minimum absolute atomic E-state index is 0.0334. The number of hydrogen-bond acceptors (Lipinski definition) is 4. The van der Waals surface area contributed by atoms with Crippen LogP contribution in [0.15, 0.2) is 16.3 Å². The summed E-state index contributed by atoms with van der Waals surface area (Å²) < 4.78 is 6.36. The normalized spacial score (nSPS) is 17.5. The van der Waals surface area contributed by atoms with E-state index in [2.05, 4.69) is 19.2 Å². The van der Waals surface area contributed by atoms with Crippen molar-refractivity contribution in [3.05, 3.63) is 17.0 Å². The number of carbonyl (C=O) groups excluding carboxylic acids is 1. The number of ether oxygens (including phenoxy) is 1. The maximum atomic E-state index is 11.9. The number of amides is 1. The Morgan fingerprint density at radius 2 is 2.35 bits per heavy atom. The number of rotatable bonds is 5. The molecule has 0 aromatic carbocycles. The zero-order chi connectivity index (χ0) is 12.3. The minimum Gasteiger partial charge on any atom is -0.380 e. The molecule has 0 radical (unpaired) electrons. The first-order valence-corrected chi connectivity index (χ1v) is 7.52. The van der Waals surface area contributed by atoms with Crippen LogP contribution in [0.5, 0.6) is 0 Å². The summed E-state index contributed by atoms with van der Waals surface area (Å²) in [6.07, 6.45) is 0. The van der Waals surface area contributed by atoms with Gasteiger partial charge in [-0.3, -0.25) is 4.79 Å². The van der Waals surface area contributed by atoms with Crippen LogP contribution in [0.4, 0.5) is 0 Å². The molecule has 1 aliphatic rings. The van der Waals surface area contributed by atoms with Crippen molar-refractivity contribution in [1.29, 1.82) is 0 Å². The molecule has 0 spiro atoms. The van der Waals surface area contributed by atoms with Gasteiger partial charge in [0.2, 0.25) is 0 Å². The molecule has 0 unspecified atom stereocenters. The van der Waals surface area contributed by atoms with Gasteiger partial charge in [0.1, 0.15) is 0 Å². The largest absolute Gasteiger partial charge is 0.380 e. The van der Waals surface area contributed by atoms with E-state index in [1.807, 2.05) is 12.1 Å². The summed E-state index contributed by atoms with van der Waals surface area (Å²) in [5.74, 6) is 1.07. The van der Waals surface area contributed by atoms with Crippen LogP contribution in [0, 0.1) is 5.41 Å². The van der Waals surface area contributed by atoms with Gasteiger partial charge in [-0.2, -0.15) is 0 Å². The molecule has 0 atom stereocenters. The van der Waals surface area contributed by atoms with Crippen molar-refractivity contribution in [3.63, 3.8) is 0 Å². The fraction of sp³-hybridized carbons (Fsp3) is 0.583. The van der Waals surface area contributed by atoms with Gasteiger partial charge >= 0.3 is 0 Å². The van der Waals surface area contributed by atoms with Gasteiger partial charge < -0.3 is 10.1 Å². The lowest BCUT2D eigenvalue weighted by atomic mass is 9.89. The Morgan fingerprint density at radius 3 is 2.94 bits per heavy atom. The van der Waals surface area contributed by atoms with E-state index in [9.17, 15) is 4.79 Å². The highest BCUT2D eigenvalue weighted by molar-refractivity contribution is 8.01. The van der Waals surface area contributed by atoms with Gasteiger partial charge in [-0.1, -0.05) is 13.8 Å². The van der Waals surface area contributed by atoms with Crippen LogP contribution in [0.1, 0.15) is 23.5 Å². The standard InChI is InChI=1S/C12H17NO2S2/c1-3-16-10-5-4-9(17-10)11(14)13-6-12(2)7-15-8-12/h4-5H,3,6-8H2,1-2H3,(H,13,14). The zero-order valence-electron chi connectivity index (χ0n) is 10.1. The monoisotopic (exact) mass is 271 g/mol. The van der Waals surface area contributed by atoms with Crippen LogP contribution in [0.25, 0.3) is 0 Å². The van der Waals surface area contributed by atoms with Gasteiger partial charge in [0, 0.05) is 12.0 Å². The molecule has 3 nitrogen and oxygen atoms in total. The van der Waals surface area contributed by atoms with Crippen molar-refractivity contribution in [2.75, 3.05) is 25.5 Å². The fourth-order valence-electron chi connectivity index (χ4n) is 1.60. The predicted molar refractivity (Wildman–Crippen MR) is 72.0 cm³/mol. The highest BCUT2D eigenvalue weighted by Crippen LogP contribution is 2.28. The summed E-state index contributed by atoms with van der Waals surface area (Å²) in [4.78, 5) is 12.7. The van der Waals surface area contributed by atoms with Gasteiger partial charge in [0.05, 0.1) is 22.3 Å². The zero-order valence-corrected chi connectivity index (χ0v) is 11.7. The average molecular weight is 271 g/mol. The lowest BCUT2D eigenvalue weighted by Gasteiger charge is -2.37. The third-order valence-corrected chi connectivity index (χ3v) is 4.86. The second-order valence-corrected chi connectivity index (χ2v) is 7.19. The highest BCUT2D eigenvalue weighted by Gasteiger charge is 2.33. The molecule has 0 bridgehead atoms. The van der Waals surface area contributed by atoms with Crippen LogP contribution in [-0.4, -0.2) is 31.4 Å². The third-order valence-electron chi connectivity index (χ3n) is 2.67. The number of carbonyl (C=O) groups is 1. The van der Waals surface area contributed by atoms with E-state index in [0.29, 0.717) is 6.54 Å². The first-order valence-electron chi connectivity index (χ1n) is 5.71. The first-order chi connectivity index (χ1) is 8.13. The molecule has 1 aromatic rings. The molecule has 1 aliphatic heterocycles. The Kier molecular flexibility index (Phi) is 4.12. The van der Waals surface area contributed by atoms with Crippen molar-refractivity contribution in [2.45, 2.75) is 18.1 Å². The molecular weight excluding hydrogens is 254 g/mol. The van der Waals surface area contributed by atoms with Crippen LogP contribution in [0.2, 0.25) is 0 Å². The molecule has 1 amide bonds. The van der Waals surface area contributed by atoms with Crippen LogP contribution >= 0.6 is 23.1 Å². The first kappa shape index (κ1) is 12.9. The van der Waals surface area contributed by atoms with E-state index < -0.39 is 0 Å². The number of thiophene rings is 1. The van der Waals surface area contributed by atoms with Crippen molar-refractivity contribution in [1.82, 2.24) is 5.32 Å². The summed E-state index contributed by atoms with van der Waals surface area (Å²) in [5.41, 5.74) is 0.133. The summed E-state index contributed by atoms with van der Waals surface area (Å²) in [7, 11) is 0. The minimum atomic E-state index is 0.0334. The summed E-state index contributed by atoms with van der Waals surface area (Å²) in [6.45, 7) is 6.43. The Hall–Kier alpha value is -0.520. The summed E-state index contributed by atoms with van der Waals surface area (Å²) in [6, 6.07) is 3.92. The number of hydrogen-bond donors (Lipinski definition) is 1. The van der Waals surface area contributed by atoms with E-state index in [-0.39, 0.29) is 11.3 Å². The van der Waals surface area contributed by atoms with Gasteiger partial charge in [-0.05, 0) is 17.9 Å². The van der Waals surface area contributed by atoms with E-state index in [1.165, 1.54) is 4.21 Å². The molecule has 94 valence electrons.